The number of amides is 1. The highest BCUT2D eigenvalue weighted by atomic mass is 16.2. The van der Waals surface area contributed by atoms with Crippen LogP contribution in [0.5, 0.6) is 0 Å². The van der Waals surface area contributed by atoms with Gasteiger partial charge in [0, 0.05) is 14.1 Å². The fraction of sp³-hybridized carbons (Fsp3) is 0.889. The Balaban J connectivity index is 2.53. The summed E-state index contributed by atoms with van der Waals surface area (Å²) in [6, 6.07) is 0.133. The van der Waals surface area contributed by atoms with Crippen molar-refractivity contribution in [2.45, 2.75) is 25.3 Å². The van der Waals surface area contributed by atoms with Crippen LogP contribution in [0.4, 0.5) is 0 Å². The van der Waals surface area contributed by atoms with Gasteiger partial charge in [0.2, 0.25) is 5.91 Å². The molecule has 0 aliphatic carbocycles. The number of likely N-dealkylation sites (tertiary alicyclic amines) is 1. The van der Waals surface area contributed by atoms with Gasteiger partial charge in [-0.05, 0) is 26.4 Å². The van der Waals surface area contributed by atoms with Crippen LogP contribution in [0.15, 0.2) is 0 Å². The summed E-state index contributed by atoms with van der Waals surface area (Å²) in [6.07, 6.45) is 3.44. The number of rotatable bonds is 1. The van der Waals surface area contributed by atoms with Gasteiger partial charge in [-0.3, -0.25) is 9.69 Å². The molecule has 1 fully saturated rings. The van der Waals surface area contributed by atoms with Crippen LogP contribution in [0.1, 0.15) is 19.3 Å². The van der Waals surface area contributed by atoms with Crippen molar-refractivity contribution in [3.8, 4) is 0 Å². The minimum Gasteiger partial charge on any atom is -0.347 e. The SMILES string of the molecule is CN(C)C(=O)C1CCCCN1C. The van der Waals surface area contributed by atoms with E-state index in [2.05, 4.69) is 4.90 Å². The summed E-state index contributed by atoms with van der Waals surface area (Å²) in [7, 11) is 5.68. The summed E-state index contributed by atoms with van der Waals surface area (Å²) in [5.74, 6) is 0.247. The molecule has 12 heavy (non-hydrogen) atoms. The van der Waals surface area contributed by atoms with Gasteiger partial charge in [-0.25, -0.2) is 0 Å². The Labute approximate surface area is 74.3 Å². The normalized spacial score (nSPS) is 25.4. The average Bonchev–Trinajstić information content (AvgIpc) is 2.04. The van der Waals surface area contributed by atoms with Gasteiger partial charge < -0.3 is 4.90 Å². The van der Waals surface area contributed by atoms with E-state index in [4.69, 9.17) is 0 Å². The van der Waals surface area contributed by atoms with Crippen molar-refractivity contribution in [1.29, 1.82) is 0 Å². The summed E-state index contributed by atoms with van der Waals surface area (Å²) in [6.45, 7) is 1.06. The van der Waals surface area contributed by atoms with Crippen molar-refractivity contribution in [1.82, 2.24) is 9.80 Å². The molecular formula is C9H18N2O. The molecule has 1 rings (SSSR count). The monoisotopic (exact) mass is 170 g/mol. The van der Waals surface area contributed by atoms with Crippen LogP contribution in [0, 0.1) is 0 Å². The van der Waals surface area contributed by atoms with Crippen molar-refractivity contribution in [3.63, 3.8) is 0 Å². The summed E-state index contributed by atoms with van der Waals surface area (Å²) in [5.41, 5.74) is 0. The molecule has 1 aliphatic rings. The maximum Gasteiger partial charge on any atom is 0.239 e. The molecule has 3 nitrogen and oxygen atoms in total. The molecule has 0 aromatic heterocycles. The van der Waals surface area contributed by atoms with Crippen LogP contribution in [-0.2, 0) is 4.79 Å². The van der Waals surface area contributed by atoms with E-state index in [1.807, 2.05) is 21.1 Å². The number of carbonyl (C=O) groups excluding carboxylic acids is 1. The van der Waals surface area contributed by atoms with Crippen LogP contribution in [0.25, 0.3) is 0 Å². The Morgan fingerprint density at radius 2 is 2.08 bits per heavy atom. The predicted octanol–water partition coefficient (Wildman–Crippen LogP) is 0.559. The highest BCUT2D eigenvalue weighted by molar-refractivity contribution is 5.81. The van der Waals surface area contributed by atoms with Crippen molar-refractivity contribution in [2.24, 2.45) is 0 Å². The van der Waals surface area contributed by atoms with E-state index in [-0.39, 0.29) is 11.9 Å². The number of hydrogen-bond acceptors (Lipinski definition) is 2. The number of likely N-dealkylation sites (N-methyl/N-ethyl adjacent to an activating group) is 2. The molecule has 0 aromatic carbocycles. The zero-order valence-electron chi connectivity index (χ0n) is 8.21. The first-order valence-electron chi connectivity index (χ1n) is 4.54. The quantitative estimate of drug-likeness (QED) is 0.574. The molecule has 1 saturated heterocycles. The highest BCUT2D eigenvalue weighted by Gasteiger charge is 2.26. The summed E-state index contributed by atoms with van der Waals surface area (Å²) >= 11 is 0. The van der Waals surface area contributed by atoms with E-state index in [1.165, 1.54) is 12.8 Å². The number of nitrogens with zero attached hydrogens (tertiary/aromatic N) is 2. The summed E-state index contributed by atoms with van der Waals surface area (Å²) in [4.78, 5) is 15.4. The molecule has 0 spiro atoms. The van der Waals surface area contributed by atoms with Gasteiger partial charge in [0.1, 0.15) is 0 Å². The zero-order valence-corrected chi connectivity index (χ0v) is 8.21. The number of hydrogen-bond donors (Lipinski definition) is 0. The molecule has 1 aliphatic heterocycles. The second-order valence-electron chi connectivity index (χ2n) is 3.72. The minimum atomic E-state index is 0.133. The lowest BCUT2D eigenvalue weighted by Crippen LogP contribution is -2.47. The van der Waals surface area contributed by atoms with Crippen molar-refractivity contribution < 1.29 is 4.79 Å². The maximum atomic E-state index is 11.6. The van der Waals surface area contributed by atoms with Gasteiger partial charge in [0.05, 0.1) is 6.04 Å². The number of piperidine rings is 1. The predicted molar refractivity (Wildman–Crippen MR) is 49.0 cm³/mol. The molecule has 1 atom stereocenters. The van der Waals surface area contributed by atoms with Crippen molar-refractivity contribution >= 4 is 5.91 Å². The van der Waals surface area contributed by atoms with Crippen molar-refractivity contribution in [2.75, 3.05) is 27.7 Å². The fourth-order valence-electron chi connectivity index (χ4n) is 1.69. The third kappa shape index (κ3) is 1.97. The molecule has 3 heteroatoms. The molecule has 0 N–H and O–H groups in total. The van der Waals surface area contributed by atoms with Gasteiger partial charge in [0.25, 0.3) is 0 Å². The average molecular weight is 170 g/mol. The van der Waals surface area contributed by atoms with E-state index in [9.17, 15) is 4.79 Å². The van der Waals surface area contributed by atoms with Crippen LogP contribution < -0.4 is 0 Å². The van der Waals surface area contributed by atoms with Gasteiger partial charge in [-0.1, -0.05) is 6.42 Å². The highest BCUT2D eigenvalue weighted by Crippen LogP contribution is 2.15. The molecular weight excluding hydrogens is 152 g/mol. The Hall–Kier alpha value is -0.570. The van der Waals surface area contributed by atoms with E-state index in [0.29, 0.717) is 0 Å². The first-order chi connectivity index (χ1) is 5.63. The van der Waals surface area contributed by atoms with Crippen LogP contribution >= 0.6 is 0 Å². The molecule has 0 aromatic rings. The maximum absolute atomic E-state index is 11.6. The lowest BCUT2D eigenvalue weighted by atomic mass is 10.0. The topological polar surface area (TPSA) is 23.6 Å². The summed E-state index contributed by atoms with van der Waals surface area (Å²) < 4.78 is 0. The van der Waals surface area contributed by atoms with Crippen LogP contribution in [0.2, 0.25) is 0 Å². The Bertz CT molecular complexity index is 168. The Morgan fingerprint density at radius 3 is 2.58 bits per heavy atom. The molecule has 70 valence electrons. The molecule has 0 radical (unpaired) electrons. The third-order valence-electron chi connectivity index (χ3n) is 2.50. The smallest absolute Gasteiger partial charge is 0.239 e. The molecule has 0 saturated carbocycles. The molecule has 0 bridgehead atoms. The largest absolute Gasteiger partial charge is 0.347 e. The number of carbonyl (C=O) groups is 1. The lowest BCUT2D eigenvalue weighted by molar-refractivity contribution is -0.135. The molecule has 1 unspecified atom stereocenters. The first kappa shape index (κ1) is 9.52. The van der Waals surface area contributed by atoms with Gasteiger partial charge >= 0.3 is 0 Å². The van der Waals surface area contributed by atoms with E-state index < -0.39 is 0 Å². The molecule has 1 heterocycles. The van der Waals surface area contributed by atoms with Crippen LogP contribution in [-0.4, -0.2) is 49.4 Å². The van der Waals surface area contributed by atoms with Gasteiger partial charge in [-0.15, -0.1) is 0 Å². The third-order valence-corrected chi connectivity index (χ3v) is 2.50. The second kappa shape index (κ2) is 3.90. The van der Waals surface area contributed by atoms with Crippen LogP contribution in [0.3, 0.4) is 0 Å². The summed E-state index contributed by atoms with van der Waals surface area (Å²) in [5, 5.41) is 0. The van der Waals surface area contributed by atoms with Gasteiger partial charge in [-0.2, -0.15) is 0 Å². The Morgan fingerprint density at radius 1 is 1.42 bits per heavy atom. The minimum absolute atomic E-state index is 0.133. The molecule has 1 amide bonds. The van der Waals surface area contributed by atoms with E-state index in [1.54, 1.807) is 4.90 Å². The van der Waals surface area contributed by atoms with E-state index in [0.717, 1.165) is 13.0 Å². The van der Waals surface area contributed by atoms with E-state index >= 15 is 0 Å². The van der Waals surface area contributed by atoms with Crippen molar-refractivity contribution in [3.05, 3.63) is 0 Å². The zero-order chi connectivity index (χ0) is 9.14. The fourth-order valence-corrected chi connectivity index (χ4v) is 1.69. The van der Waals surface area contributed by atoms with Gasteiger partial charge in [0.15, 0.2) is 0 Å². The Kier molecular flexibility index (Phi) is 3.09. The lowest BCUT2D eigenvalue weighted by Gasteiger charge is -2.32. The first-order valence-corrected chi connectivity index (χ1v) is 4.54. The second-order valence-corrected chi connectivity index (χ2v) is 3.72. The standard InChI is InChI=1S/C9H18N2O/c1-10(2)9(12)8-6-4-5-7-11(8)3/h8H,4-7H2,1-3H3.